The van der Waals surface area contributed by atoms with Crippen LogP contribution in [0.3, 0.4) is 0 Å². The van der Waals surface area contributed by atoms with E-state index in [1.54, 1.807) is 6.92 Å². The Kier molecular flexibility index (Phi) is 4.23. The fourth-order valence-electron chi connectivity index (χ4n) is 3.28. The number of halogens is 5. The minimum atomic E-state index is -4.56. The molecule has 6 nitrogen and oxygen atoms in total. The Morgan fingerprint density at radius 1 is 1.36 bits per heavy atom. The predicted octanol–water partition coefficient (Wildman–Crippen LogP) is 3.28. The molecule has 11 heteroatoms. The summed E-state index contributed by atoms with van der Waals surface area (Å²) in [4.78, 5) is 20.4. The van der Waals surface area contributed by atoms with Crippen LogP contribution in [0.1, 0.15) is 41.9 Å². The maximum absolute atomic E-state index is 13.2. The van der Waals surface area contributed by atoms with Crippen LogP contribution in [-0.2, 0) is 0 Å². The summed E-state index contributed by atoms with van der Waals surface area (Å²) in [7, 11) is 0. The molecule has 2 heterocycles. The molecular weight excluding hydrogens is 387 g/mol. The van der Waals surface area contributed by atoms with Crippen molar-refractivity contribution in [2.45, 2.75) is 56.9 Å². The van der Waals surface area contributed by atoms with Crippen molar-refractivity contribution in [3.05, 3.63) is 23.8 Å². The van der Waals surface area contributed by atoms with E-state index in [2.05, 4.69) is 9.97 Å². The molecule has 2 aliphatic carbocycles. The highest BCUT2D eigenvalue weighted by atomic mass is 19.4. The van der Waals surface area contributed by atoms with Gasteiger partial charge >= 0.3 is 6.18 Å². The predicted molar refractivity (Wildman–Crippen MR) is 86.4 cm³/mol. The minimum Gasteiger partial charge on any atom is -0.474 e. The van der Waals surface area contributed by atoms with Crippen LogP contribution in [-0.4, -0.2) is 44.5 Å². The zero-order valence-corrected chi connectivity index (χ0v) is 14.8. The van der Waals surface area contributed by atoms with Crippen LogP contribution in [0.2, 0.25) is 0 Å². The van der Waals surface area contributed by atoms with Gasteiger partial charge in [-0.05, 0) is 25.7 Å². The third-order valence-corrected chi connectivity index (χ3v) is 4.96. The monoisotopic (exact) mass is 404 g/mol. The molecule has 0 radical (unpaired) electrons. The molecule has 2 aromatic rings. The third kappa shape index (κ3) is 3.61. The summed E-state index contributed by atoms with van der Waals surface area (Å²) in [6.07, 6.45) is -4.05. The number of aryl methyl sites for hydroxylation is 1. The van der Waals surface area contributed by atoms with E-state index in [0.717, 1.165) is 0 Å². The maximum Gasteiger partial charge on any atom is 0.408 e. The molecule has 1 unspecified atom stereocenters. The van der Waals surface area contributed by atoms with E-state index in [0.29, 0.717) is 18.5 Å². The lowest BCUT2D eigenvalue weighted by molar-refractivity contribution is -0.158. The molecule has 2 saturated carbocycles. The van der Waals surface area contributed by atoms with Crippen LogP contribution in [0.15, 0.2) is 12.4 Å². The molecule has 152 valence electrons. The summed E-state index contributed by atoms with van der Waals surface area (Å²) < 4.78 is 72.3. The second-order valence-electron chi connectivity index (χ2n) is 7.36. The van der Waals surface area contributed by atoms with Gasteiger partial charge in [0.1, 0.15) is 18.5 Å². The van der Waals surface area contributed by atoms with E-state index in [-0.39, 0.29) is 17.2 Å². The average molecular weight is 404 g/mol. The van der Waals surface area contributed by atoms with Crippen LogP contribution < -0.4 is 10.1 Å². The molecule has 0 bridgehead atoms. The quantitative estimate of drug-likeness (QED) is 0.777. The standard InChI is InChI=1S/C17H17F5N4O2/c1-8-4-11(28-10-5-16(18,19)6-10)24-14-12(23-7-26(8)14)15(27)25-13(9-2-3-9)17(20,21)22/h4,7,9-10,13H,2-3,5-6H2,1H3,(H,25,27). The van der Waals surface area contributed by atoms with Gasteiger partial charge in [0.15, 0.2) is 11.3 Å². The van der Waals surface area contributed by atoms with E-state index in [1.165, 1.54) is 16.8 Å². The Labute approximate surface area is 156 Å². The molecule has 0 spiro atoms. The van der Waals surface area contributed by atoms with Crippen LogP contribution in [0, 0.1) is 12.8 Å². The summed E-state index contributed by atoms with van der Waals surface area (Å²) in [5.74, 6) is -4.36. The number of rotatable bonds is 5. The van der Waals surface area contributed by atoms with Crippen LogP contribution >= 0.6 is 0 Å². The largest absolute Gasteiger partial charge is 0.474 e. The lowest BCUT2D eigenvalue weighted by Crippen LogP contribution is -2.47. The van der Waals surface area contributed by atoms with E-state index >= 15 is 0 Å². The number of carbonyl (C=O) groups excluding carboxylic acids is 1. The zero-order valence-electron chi connectivity index (χ0n) is 14.8. The van der Waals surface area contributed by atoms with Crippen molar-refractivity contribution in [2.24, 2.45) is 5.92 Å². The molecule has 1 N–H and O–H groups in total. The number of hydrogen-bond donors (Lipinski definition) is 1. The van der Waals surface area contributed by atoms with Gasteiger partial charge in [-0.15, -0.1) is 0 Å². The van der Waals surface area contributed by atoms with Crippen molar-refractivity contribution in [3.63, 3.8) is 0 Å². The maximum atomic E-state index is 13.2. The molecule has 2 fully saturated rings. The molecule has 1 amide bonds. The first kappa shape index (κ1) is 18.9. The topological polar surface area (TPSA) is 68.5 Å². The summed E-state index contributed by atoms with van der Waals surface area (Å²) in [6, 6.07) is -0.440. The van der Waals surface area contributed by atoms with Crippen LogP contribution in [0.25, 0.3) is 5.65 Å². The number of imidazole rings is 1. The first-order valence-corrected chi connectivity index (χ1v) is 8.80. The van der Waals surface area contributed by atoms with Gasteiger partial charge in [0.25, 0.3) is 11.8 Å². The fourth-order valence-corrected chi connectivity index (χ4v) is 3.28. The summed E-state index contributed by atoms with van der Waals surface area (Å²) in [6.45, 7) is 1.66. The van der Waals surface area contributed by atoms with Crippen LogP contribution in [0.5, 0.6) is 5.88 Å². The summed E-state index contributed by atoms with van der Waals surface area (Å²) >= 11 is 0. The number of alkyl halides is 5. The number of hydrogen-bond acceptors (Lipinski definition) is 4. The number of ether oxygens (including phenoxy) is 1. The average Bonchev–Trinajstić information content (AvgIpc) is 3.28. The molecular formula is C17H17F5N4O2. The van der Waals surface area contributed by atoms with Crippen molar-refractivity contribution in [3.8, 4) is 5.88 Å². The second kappa shape index (κ2) is 6.28. The number of nitrogens with zero attached hydrogens (tertiary/aromatic N) is 3. The Morgan fingerprint density at radius 2 is 2.04 bits per heavy atom. The first-order valence-electron chi connectivity index (χ1n) is 8.80. The molecule has 0 aromatic carbocycles. The van der Waals surface area contributed by atoms with Gasteiger partial charge in [-0.25, -0.2) is 13.8 Å². The van der Waals surface area contributed by atoms with Gasteiger partial charge in [-0.3, -0.25) is 9.20 Å². The molecule has 2 aromatic heterocycles. The minimum absolute atomic E-state index is 0.00954. The Hall–Kier alpha value is -2.46. The highest BCUT2D eigenvalue weighted by Gasteiger charge is 2.50. The highest BCUT2D eigenvalue weighted by Crippen LogP contribution is 2.41. The van der Waals surface area contributed by atoms with Gasteiger partial charge in [0.05, 0.1) is 0 Å². The van der Waals surface area contributed by atoms with E-state index < -0.39 is 48.9 Å². The molecule has 28 heavy (non-hydrogen) atoms. The SMILES string of the molecule is Cc1cc(OC2CC(F)(F)C2)nc2c(C(=O)NC(C3CC3)C(F)(F)F)ncn12. The van der Waals surface area contributed by atoms with Crippen molar-refractivity contribution in [1.82, 2.24) is 19.7 Å². The van der Waals surface area contributed by atoms with E-state index in [1.807, 2.05) is 5.32 Å². The Bertz CT molecular complexity index is 914. The second-order valence-corrected chi connectivity index (χ2v) is 7.36. The first-order chi connectivity index (χ1) is 13.0. The lowest BCUT2D eigenvalue weighted by atomic mass is 9.91. The van der Waals surface area contributed by atoms with Gasteiger partial charge in [-0.2, -0.15) is 18.2 Å². The van der Waals surface area contributed by atoms with Crippen molar-refractivity contribution < 1.29 is 31.5 Å². The number of nitrogens with one attached hydrogen (secondary N) is 1. The van der Waals surface area contributed by atoms with Gasteiger partial charge in [0.2, 0.25) is 5.88 Å². The molecule has 0 saturated heterocycles. The number of fused-ring (bicyclic) bond motifs is 1. The summed E-state index contributed by atoms with van der Waals surface area (Å²) in [5, 5.41) is 2.01. The van der Waals surface area contributed by atoms with Gasteiger partial charge < -0.3 is 10.1 Å². The normalized spacial score (nSPS) is 20.6. The fraction of sp³-hybridized carbons (Fsp3) is 0.588. The van der Waals surface area contributed by atoms with Crippen molar-refractivity contribution in [2.75, 3.05) is 0 Å². The molecule has 4 rings (SSSR count). The Balaban J connectivity index is 1.57. The van der Waals surface area contributed by atoms with Gasteiger partial charge in [-0.1, -0.05) is 0 Å². The highest BCUT2D eigenvalue weighted by molar-refractivity contribution is 5.98. The van der Waals surface area contributed by atoms with Crippen molar-refractivity contribution >= 4 is 11.6 Å². The lowest BCUT2D eigenvalue weighted by Gasteiger charge is -2.34. The van der Waals surface area contributed by atoms with Gasteiger partial charge in [0, 0.05) is 24.6 Å². The molecule has 2 aliphatic rings. The molecule has 1 atom stereocenters. The van der Waals surface area contributed by atoms with E-state index in [9.17, 15) is 26.7 Å². The number of aromatic nitrogens is 3. The number of amides is 1. The van der Waals surface area contributed by atoms with Crippen molar-refractivity contribution in [1.29, 1.82) is 0 Å². The molecule has 0 aliphatic heterocycles. The van der Waals surface area contributed by atoms with E-state index in [4.69, 9.17) is 4.74 Å². The smallest absolute Gasteiger partial charge is 0.408 e. The Morgan fingerprint density at radius 3 is 2.61 bits per heavy atom. The zero-order chi connectivity index (χ0) is 20.3. The van der Waals surface area contributed by atoms with Crippen LogP contribution in [0.4, 0.5) is 22.0 Å². The number of carbonyl (C=O) groups is 1. The third-order valence-electron chi connectivity index (χ3n) is 4.96. The summed E-state index contributed by atoms with van der Waals surface area (Å²) in [5.41, 5.74) is 0.282.